The van der Waals surface area contributed by atoms with Crippen LogP contribution in [0.2, 0.25) is 0 Å². The molecule has 3 aromatic rings. The standard InChI is InChI=1S/C9H7N7/c1-2-8(15-10-4-5-11-15)14-9(3-1)16-12-6-7-13-16/h1-7H. The topological polar surface area (TPSA) is 74.3 Å². The predicted molar refractivity (Wildman–Crippen MR) is 54.1 cm³/mol. The van der Waals surface area contributed by atoms with Gasteiger partial charge in [0.1, 0.15) is 0 Å². The molecule has 0 atom stereocenters. The molecule has 16 heavy (non-hydrogen) atoms. The Hall–Kier alpha value is -2.57. The van der Waals surface area contributed by atoms with Gasteiger partial charge in [-0.2, -0.15) is 20.4 Å². The van der Waals surface area contributed by atoms with E-state index in [1.807, 2.05) is 18.2 Å². The Kier molecular flexibility index (Phi) is 1.93. The third-order valence-electron chi connectivity index (χ3n) is 1.97. The molecule has 3 rings (SSSR count). The Labute approximate surface area is 90.4 Å². The van der Waals surface area contributed by atoms with E-state index in [2.05, 4.69) is 25.4 Å². The van der Waals surface area contributed by atoms with Crippen molar-refractivity contribution in [2.24, 2.45) is 0 Å². The molecule has 0 radical (unpaired) electrons. The molecule has 7 nitrogen and oxygen atoms in total. The Balaban J connectivity index is 2.07. The summed E-state index contributed by atoms with van der Waals surface area (Å²) < 4.78 is 0. The van der Waals surface area contributed by atoms with Crippen molar-refractivity contribution in [2.75, 3.05) is 0 Å². The van der Waals surface area contributed by atoms with Gasteiger partial charge in [-0.25, -0.2) is 4.98 Å². The molecular weight excluding hydrogens is 206 g/mol. The van der Waals surface area contributed by atoms with Crippen LogP contribution in [0.15, 0.2) is 43.0 Å². The lowest BCUT2D eigenvalue weighted by Crippen LogP contribution is -2.06. The molecule has 0 fully saturated rings. The molecule has 0 N–H and O–H groups in total. The first-order chi connectivity index (χ1) is 7.93. The second-order valence-corrected chi connectivity index (χ2v) is 2.99. The van der Waals surface area contributed by atoms with E-state index in [1.54, 1.807) is 24.8 Å². The van der Waals surface area contributed by atoms with Gasteiger partial charge >= 0.3 is 0 Å². The van der Waals surface area contributed by atoms with Gasteiger partial charge in [0.15, 0.2) is 11.6 Å². The average molecular weight is 213 g/mol. The number of aromatic nitrogens is 7. The van der Waals surface area contributed by atoms with Crippen LogP contribution in [0.4, 0.5) is 0 Å². The zero-order valence-corrected chi connectivity index (χ0v) is 8.17. The van der Waals surface area contributed by atoms with Gasteiger partial charge in [0.2, 0.25) is 0 Å². The number of hydrogen-bond donors (Lipinski definition) is 0. The Morgan fingerprint density at radius 2 is 1.12 bits per heavy atom. The number of pyridine rings is 1. The highest BCUT2D eigenvalue weighted by atomic mass is 15.5. The monoisotopic (exact) mass is 213 g/mol. The van der Waals surface area contributed by atoms with E-state index in [0.717, 1.165) is 0 Å². The zero-order chi connectivity index (χ0) is 10.8. The molecular formula is C9H7N7. The summed E-state index contributed by atoms with van der Waals surface area (Å²) in [7, 11) is 0. The average Bonchev–Trinajstić information content (AvgIpc) is 3.03. The van der Waals surface area contributed by atoms with Gasteiger partial charge < -0.3 is 0 Å². The second kappa shape index (κ2) is 3.54. The van der Waals surface area contributed by atoms with Crippen LogP contribution in [0.3, 0.4) is 0 Å². The van der Waals surface area contributed by atoms with Crippen molar-refractivity contribution in [3.63, 3.8) is 0 Å². The minimum atomic E-state index is 0.625. The maximum Gasteiger partial charge on any atom is 0.176 e. The molecule has 3 heterocycles. The molecule has 3 aromatic heterocycles. The summed E-state index contributed by atoms with van der Waals surface area (Å²) in [6.07, 6.45) is 6.39. The van der Waals surface area contributed by atoms with E-state index in [0.29, 0.717) is 11.6 Å². The van der Waals surface area contributed by atoms with Crippen molar-refractivity contribution in [2.45, 2.75) is 0 Å². The summed E-state index contributed by atoms with van der Waals surface area (Å²) in [6.45, 7) is 0. The molecule has 0 aliphatic rings. The van der Waals surface area contributed by atoms with Gasteiger partial charge in [0, 0.05) is 0 Å². The third kappa shape index (κ3) is 1.44. The van der Waals surface area contributed by atoms with Gasteiger partial charge in [-0.05, 0) is 12.1 Å². The van der Waals surface area contributed by atoms with Crippen LogP contribution in [0.25, 0.3) is 11.6 Å². The fraction of sp³-hybridized carbons (Fsp3) is 0. The molecule has 0 aromatic carbocycles. The summed E-state index contributed by atoms with van der Waals surface area (Å²) in [5, 5.41) is 16.0. The first-order valence-electron chi connectivity index (χ1n) is 4.64. The summed E-state index contributed by atoms with van der Waals surface area (Å²) in [5.74, 6) is 1.25. The lowest BCUT2D eigenvalue weighted by atomic mass is 10.4. The molecule has 0 bridgehead atoms. The van der Waals surface area contributed by atoms with Crippen LogP contribution in [0.5, 0.6) is 0 Å². The van der Waals surface area contributed by atoms with Crippen molar-refractivity contribution in [1.29, 1.82) is 0 Å². The number of nitrogens with zero attached hydrogens (tertiary/aromatic N) is 7. The summed E-state index contributed by atoms with van der Waals surface area (Å²) >= 11 is 0. The van der Waals surface area contributed by atoms with Crippen LogP contribution in [0, 0.1) is 0 Å². The summed E-state index contributed by atoms with van der Waals surface area (Å²) in [6, 6.07) is 5.48. The van der Waals surface area contributed by atoms with Gasteiger partial charge in [0.05, 0.1) is 24.8 Å². The first-order valence-corrected chi connectivity index (χ1v) is 4.64. The molecule has 0 aliphatic carbocycles. The van der Waals surface area contributed by atoms with Gasteiger partial charge in [-0.15, -0.1) is 9.59 Å². The summed E-state index contributed by atoms with van der Waals surface area (Å²) in [5.41, 5.74) is 0. The predicted octanol–water partition coefficient (Wildman–Crippen LogP) is 0.243. The highest BCUT2D eigenvalue weighted by Gasteiger charge is 2.03. The fourth-order valence-electron chi connectivity index (χ4n) is 1.30. The highest BCUT2D eigenvalue weighted by Crippen LogP contribution is 2.05. The Morgan fingerprint density at radius 3 is 1.56 bits per heavy atom. The van der Waals surface area contributed by atoms with Crippen molar-refractivity contribution < 1.29 is 0 Å². The highest BCUT2D eigenvalue weighted by molar-refractivity contribution is 5.28. The van der Waals surface area contributed by atoms with Crippen molar-refractivity contribution >= 4 is 0 Å². The van der Waals surface area contributed by atoms with E-state index >= 15 is 0 Å². The largest absolute Gasteiger partial charge is 0.206 e. The van der Waals surface area contributed by atoms with Crippen LogP contribution >= 0.6 is 0 Å². The normalized spacial score (nSPS) is 10.5. The Morgan fingerprint density at radius 1 is 0.688 bits per heavy atom. The maximum atomic E-state index is 4.33. The molecule has 7 heteroatoms. The summed E-state index contributed by atoms with van der Waals surface area (Å²) in [4.78, 5) is 7.21. The molecule has 78 valence electrons. The van der Waals surface area contributed by atoms with E-state index in [9.17, 15) is 0 Å². The molecule has 0 saturated heterocycles. The van der Waals surface area contributed by atoms with Crippen LogP contribution in [-0.4, -0.2) is 35.0 Å². The van der Waals surface area contributed by atoms with E-state index in [-0.39, 0.29) is 0 Å². The van der Waals surface area contributed by atoms with E-state index in [1.165, 1.54) is 9.59 Å². The van der Waals surface area contributed by atoms with Crippen molar-refractivity contribution in [1.82, 2.24) is 35.0 Å². The van der Waals surface area contributed by atoms with Crippen LogP contribution in [0.1, 0.15) is 0 Å². The van der Waals surface area contributed by atoms with Crippen LogP contribution < -0.4 is 0 Å². The fourth-order valence-corrected chi connectivity index (χ4v) is 1.30. The van der Waals surface area contributed by atoms with Crippen molar-refractivity contribution in [3.8, 4) is 11.6 Å². The third-order valence-corrected chi connectivity index (χ3v) is 1.97. The van der Waals surface area contributed by atoms with E-state index in [4.69, 9.17) is 0 Å². The lowest BCUT2D eigenvalue weighted by molar-refractivity contribution is 0.695. The van der Waals surface area contributed by atoms with Gasteiger partial charge in [0.25, 0.3) is 0 Å². The molecule has 0 spiro atoms. The molecule has 0 amide bonds. The van der Waals surface area contributed by atoms with E-state index < -0.39 is 0 Å². The zero-order valence-electron chi connectivity index (χ0n) is 8.17. The first kappa shape index (κ1) is 8.72. The molecule has 0 unspecified atom stereocenters. The number of hydrogen-bond acceptors (Lipinski definition) is 5. The van der Waals surface area contributed by atoms with Crippen molar-refractivity contribution in [3.05, 3.63) is 43.0 Å². The van der Waals surface area contributed by atoms with Crippen LogP contribution in [-0.2, 0) is 0 Å². The van der Waals surface area contributed by atoms with Gasteiger partial charge in [-0.1, -0.05) is 6.07 Å². The second-order valence-electron chi connectivity index (χ2n) is 2.99. The smallest absolute Gasteiger partial charge is 0.176 e. The minimum Gasteiger partial charge on any atom is -0.206 e. The minimum absolute atomic E-state index is 0.625. The molecule has 0 aliphatic heterocycles. The maximum absolute atomic E-state index is 4.33. The lowest BCUT2D eigenvalue weighted by Gasteiger charge is -2.01. The number of rotatable bonds is 2. The SMILES string of the molecule is c1cc(-n2nccn2)nc(-n2nccn2)c1. The Bertz CT molecular complexity index is 520. The quantitative estimate of drug-likeness (QED) is 0.609. The van der Waals surface area contributed by atoms with Gasteiger partial charge in [-0.3, -0.25) is 0 Å². The molecule has 0 saturated carbocycles.